The van der Waals surface area contributed by atoms with Gasteiger partial charge in [-0.3, -0.25) is 4.79 Å². The van der Waals surface area contributed by atoms with Crippen molar-refractivity contribution in [3.8, 4) is 28.4 Å². The van der Waals surface area contributed by atoms with E-state index in [0.717, 1.165) is 5.69 Å². The van der Waals surface area contributed by atoms with Crippen molar-refractivity contribution >= 4 is 5.91 Å². The highest BCUT2D eigenvalue weighted by atomic mass is 16.5. The van der Waals surface area contributed by atoms with Crippen molar-refractivity contribution in [1.82, 2.24) is 15.1 Å². The third kappa shape index (κ3) is 4.15. The molecular formula is C21H23N3O4. The first-order valence-electron chi connectivity index (χ1n) is 8.87. The van der Waals surface area contributed by atoms with Gasteiger partial charge in [0.1, 0.15) is 17.2 Å². The number of ether oxygens (including phenoxy) is 2. The van der Waals surface area contributed by atoms with E-state index in [1.54, 1.807) is 50.2 Å². The molecule has 0 aliphatic rings. The summed E-state index contributed by atoms with van der Waals surface area (Å²) in [7, 11) is 3.14. The zero-order valence-electron chi connectivity index (χ0n) is 16.0. The molecule has 0 saturated heterocycles. The Balaban J connectivity index is 2.13. The summed E-state index contributed by atoms with van der Waals surface area (Å²) in [6.07, 6.45) is 1.02. The van der Waals surface area contributed by atoms with Gasteiger partial charge in [-0.15, -0.1) is 0 Å². The number of amides is 1. The molecule has 1 heterocycles. The van der Waals surface area contributed by atoms with Crippen molar-refractivity contribution in [1.29, 1.82) is 0 Å². The van der Waals surface area contributed by atoms with E-state index in [2.05, 4.69) is 10.4 Å². The van der Waals surface area contributed by atoms with Crippen molar-refractivity contribution in [3.63, 3.8) is 0 Å². The number of methoxy groups -OCH3 is 2. The quantitative estimate of drug-likeness (QED) is 0.657. The van der Waals surface area contributed by atoms with Crippen LogP contribution in [0.5, 0.6) is 11.5 Å². The zero-order valence-corrected chi connectivity index (χ0v) is 16.0. The van der Waals surface area contributed by atoms with E-state index >= 15 is 0 Å². The molecule has 1 aromatic heterocycles. The van der Waals surface area contributed by atoms with Gasteiger partial charge in [0.2, 0.25) is 0 Å². The van der Waals surface area contributed by atoms with Crippen LogP contribution in [0.25, 0.3) is 16.9 Å². The lowest BCUT2D eigenvalue weighted by Crippen LogP contribution is -2.30. The Hall–Kier alpha value is -3.32. The summed E-state index contributed by atoms with van der Waals surface area (Å²) in [5.41, 5.74) is 2.29. The minimum Gasteiger partial charge on any atom is -0.497 e. The molecule has 0 spiro atoms. The highest BCUT2D eigenvalue weighted by Crippen LogP contribution is 2.35. The van der Waals surface area contributed by atoms with Crippen molar-refractivity contribution in [3.05, 3.63) is 60.3 Å². The lowest BCUT2D eigenvalue weighted by atomic mass is 10.1. The monoisotopic (exact) mass is 381 g/mol. The second-order valence-electron chi connectivity index (χ2n) is 6.30. The van der Waals surface area contributed by atoms with Gasteiger partial charge in [0.25, 0.3) is 5.91 Å². The number of hydrogen-bond acceptors (Lipinski definition) is 5. The fourth-order valence-corrected chi connectivity index (χ4v) is 2.79. The Kier molecular flexibility index (Phi) is 5.96. The third-order valence-electron chi connectivity index (χ3n) is 4.20. The first-order chi connectivity index (χ1) is 13.5. The van der Waals surface area contributed by atoms with Gasteiger partial charge in [0.05, 0.1) is 31.6 Å². The van der Waals surface area contributed by atoms with Crippen LogP contribution < -0.4 is 14.8 Å². The van der Waals surface area contributed by atoms with Crippen LogP contribution in [0.1, 0.15) is 17.3 Å². The average Bonchev–Trinajstić information content (AvgIpc) is 3.17. The van der Waals surface area contributed by atoms with Gasteiger partial charge in [0.15, 0.2) is 0 Å². The van der Waals surface area contributed by atoms with Gasteiger partial charge >= 0.3 is 0 Å². The van der Waals surface area contributed by atoms with E-state index in [4.69, 9.17) is 9.47 Å². The van der Waals surface area contributed by atoms with Crippen LogP contribution >= 0.6 is 0 Å². The summed E-state index contributed by atoms with van der Waals surface area (Å²) in [4.78, 5) is 12.8. The molecule has 1 amide bonds. The summed E-state index contributed by atoms with van der Waals surface area (Å²) >= 11 is 0. The second-order valence-corrected chi connectivity index (χ2v) is 6.30. The maximum atomic E-state index is 12.8. The molecule has 146 valence electrons. The number of benzene rings is 2. The molecule has 0 aliphatic carbocycles. The lowest BCUT2D eigenvalue weighted by Gasteiger charge is -2.11. The van der Waals surface area contributed by atoms with E-state index in [9.17, 15) is 9.90 Å². The van der Waals surface area contributed by atoms with E-state index in [0.29, 0.717) is 28.3 Å². The minimum absolute atomic E-state index is 0.143. The first kappa shape index (κ1) is 19.4. The van der Waals surface area contributed by atoms with Crippen LogP contribution in [0.4, 0.5) is 0 Å². The third-order valence-corrected chi connectivity index (χ3v) is 4.20. The van der Waals surface area contributed by atoms with Crippen LogP contribution in [0, 0.1) is 0 Å². The number of para-hydroxylation sites is 1. The number of aliphatic hydroxyl groups is 1. The van der Waals surface area contributed by atoms with Crippen LogP contribution in [0.15, 0.2) is 54.7 Å². The van der Waals surface area contributed by atoms with Gasteiger partial charge < -0.3 is 19.9 Å². The van der Waals surface area contributed by atoms with Crippen molar-refractivity contribution in [2.24, 2.45) is 0 Å². The van der Waals surface area contributed by atoms with Crippen molar-refractivity contribution < 1.29 is 19.4 Å². The van der Waals surface area contributed by atoms with E-state index in [1.807, 2.05) is 30.3 Å². The largest absolute Gasteiger partial charge is 0.497 e. The Bertz CT molecular complexity index is 952. The Labute approximate surface area is 163 Å². The smallest absolute Gasteiger partial charge is 0.255 e. The van der Waals surface area contributed by atoms with Crippen LogP contribution in [-0.4, -0.2) is 47.7 Å². The summed E-state index contributed by atoms with van der Waals surface area (Å²) in [5, 5.41) is 16.9. The summed E-state index contributed by atoms with van der Waals surface area (Å²) in [5.74, 6) is 0.868. The molecule has 0 saturated carbocycles. The van der Waals surface area contributed by atoms with Crippen LogP contribution in [-0.2, 0) is 0 Å². The number of aliphatic hydroxyl groups excluding tert-OH is 1. The Morgan fingerprint density at radius 3 is 2.57 bits per heavy atom. The van der Waals surface area contributed by atoms with E-state index < -0.39 is 6.10 Å². The van der Waals surface area contributed by atoms with E-state index in [1.165, 1.54) is 0 Å². The van der Waals surface area contributed by atoms with Gasteiger partial charge in [-0.2, -0.15) is 5.10 Å². The number of hydrogen-bond donors (Lipinski definition) is 2. The molecule has 0 fully saturated rings. The Morgan fingerprint density at radius 1 is 1.18 bits per heavy atom. The van der Waals surface area contributed by atoms with Crippen LogP contribution in [0.3, 0.4) is 0 Å². The predicted octanol–water partition coefficient (Wildman–Crippen LogP) is 2.67. The van der Waals surface area contributed by atoms with Gasteiger partial charge in [0, 0.05) is 18.3 Å². The molecule has 0 aliphatic heterocycles. The van der Waals surface area contributed by atoms with Crippen molar-refractivity contribution in [2.45, 2.75) is 13.0 Å². The fraction of sp³-hybridized carbons (Fsp3) is 0.238. The topological polar surface area (TPSA) is 85.6 Å². The maximum absolute atomic E-state index is 12.8. The number of nitrogens with one attached hydrogen (secondary N) is 1. The highest BCUT2D eigenvalue weighted by Gasteiger charge is 2.22. The number of aromatic nitrogens is 2. The van der Waals surface area contributed by atoms with Gasteiger partial charge in [-0.25, -0.2) is 4.68 Å². The SMILES string of the molecule is COc1ccc(OC)c(-c2nn(-c3ccccc3)cc2C(=O)NCC(C)O)c1. The average molecular weight is 381 g/mol. The molecule has 1 atom stereocenters. The number of carbonyl (C=O) groups is 1. The minimum atomic E-state index is -0.650. The van der Waals surface area contributed by atoms with Gasteiger partial charge in [-0.1, -0.05) is 18.2 Å². The summed E-state index contributed by atoms with van der Waals surface area (Å²) < 4.78 is 12.4. The molecule has 7 heteroatoms. The number of carbonyl (C=O) groups excluding carboxylic acids is 1. The van der Waals surface area contributed by atoms with Crippen molar-refractivity contribution in [2.75, 3.05) is 20.8 Å². The molecular weight excluding hydrogens is 358 g/mol. The summed E-state index contributed by atoms with van der Waals surface area (Å²) in [6, 6.07) is 14.8. The fourth-order valence-electron chi connectivity index (χ4n) is 2.79. The maximum Gasteiger partial charge on any atom is 0.255 e. The molecule has 1 unspecified atom stereocenters. The zero-order chi connectivity index (χ0) is 20.1. The van der Waals surface area contributed by atoms with Crippen LogP contribution in [0.2, 0.25) is 0 Å². The predicted molar refractivity (Wildman–Crippen MR) is 106 cm³/mol. The molecule has 7 nitrogen and oxygen atoms in total. The Morgan fingerprint density at radius 2 is 1.93 bits per heavy atom. The number of rotatable bonds is 7. The summed E-state index contributed by atoms with van der Waals surface area (Å²) in [6.45, 7) is 1.75. The first-order valence-corrected chi connectivity index (χ1v) is 8.87. The molecule has 3 aromatic rings. The highest BCUT2D eigenvalue weighted by molar-refractivity contribution is 6.00. The second kappa shape index (κ2) is 8.58. The molecule has 28 heavy (non-hydrogen) atoms. The number of nitrogens with zero attached hydrogens (tertiary/aromatic N) is 2. The molecule has 3 rings (SSSR count). The lowest BCUT2D eigenvalue weighted by molar-refractivity contribution is 0.0924. The molecule has 0 radical (unpaired) electrons. The standard InChI is InChI=1S/C21H23N3O4/c1-14(25)12-22-21(26)18-13-24(15-7-5-4-6-8-15)23-20(18)17-11-16(27-2)9-10-19(17)28-3/h4-11,13-14,25H,12H2,1-3H3,(H,22,26). The normalized spacial score (nSPS) is 11.7. The van der Waals surface area contributed by atoms with E-state index in [-0.39, 0.29) is 12.5 Å². The molecule has 2 aromatic carbocycles. The molecule has 2 N–H and O–H groups in total. The molecule has 0 bridgehead atoms. The van der Waals surface area contributed by atoms with Gasteiger partial charge in [-0.05, 0) is 37.3 Å².